The predicted octanol–water partition coefficient (Wildman–Crippen LogP) is 4.69. The van der Waals surface area contributed by atoms with Crippen LogP contribution in [0.5, 0.6) is 0 Å². The van der Waals surface area contributed by atoms with Gasteiger partial charge >= 0.3 is 0 Å². The van der Waals surface area contributed by atoms with Crippen LogP contribution in [0.2, 0.25) is 0 Å². The maximum absolute atomic E-state index is 10.0. The molecule has 0 aliphatic rings. The van der Waals surface area contributed by atoms with Crippen LogP contribution in [0.1, 0.15) is 49.8 Å². The van der Waals surface area contributed by atoms with Crippen LogP contribution in [0.15, 0.2) is 54.6 Å². The highest BCUT2D eigenvalue weighted by Gasteiger charge is 2.29. The maximum Gasteiger partial charge on any atom is 0.0531 e. The van der Waals surface area contributed by atoms with Crippen LogP contribution >= 0.6 is 0 Å². The second-order valence-electron chi connectivity index (χ2n) is 6.23. The van der Waals surface area contributed by atoms with E-state index in [4.69, 9.17) is 0 Å². The van der Waals surface area contributed by atoms with Gasteiger partial charge in [-0.25, -0.2) is 0 Å². The van der Waals surface area contributed by atoms with Crippen molar-refractivity contribution in [2.45, 2.75) is 44.9 Å². The summed E-state index contributed by atoms with van der Waals surface area (Å²) in [6.07, 6.45) is 1.81. The second kappa shape index (κ2) is 6.91. The van der Waals surface area contributed by atoms with Crippen molar-refractivity contribution in [1.82, 2.24) is 0 Å². The normalized spacial score (nSPS) is 14.1. The van der Waals surface area contributed by atoms with Gasteiger partial charge in [0.25, 0.3) is 0 Å². The Hall–Kier alpha value is -1.60. The first-order chi connectivity index (χ1) is 10.1. The van der Waals surface area contributed by atoms with Gasteiger partial charge in [-0.3, -0.25) is 0 Å². The molecule has 0 saturated heterocycles. The first kappa shape index (κ1) is 15.8. The molecule has 1 unspecified atom stereocenters. The van der Waals surface area contributed by atoms with Crippen molar-refractivity contribution in [3.63, 3.8) is 0 Å². The number of hydrogen-bond acceptors (Lipinski definition) is 1. The lowest BCUT2D eigenvalue weighted by Crippen LogP contribution is -2.32. The van der Waals surface area contributed by atoms with E-state index < -0.39 is 0 Å². The molecule has 0 heterocycles. The van der Waals surface area contributed by atoms with Gasteiger partial charge in [0, 0.05) is 5.41 Å². The Morgan fingerprint density at radius 1 is 0.952 bits per heavy atom. The highest BCUT2D eigenvalue weighted by molar-refractivity contribution is 5.31. The second-order valence-corrected chi connectivity index (χ2v) is 6.23. The zero-order chi connectivity index (χ0) is 15.3. The molecule has 1 atom stereocenters. The van der Waals surface area contributed by atoms with Crippen molar-refractivity contribution in [2.24, 2.45) is 0 Å². The Kier molecular flexibility index (Phi) is 5.19. The summed E-state index contributed by atoms with van der Waals surface area (Å²) in [6, 6.07) is 19.2. The van der Waals surface area contributed by atoms with Crippen molar-refractivity contribution in [3.05, 3.63) is 71.3 Å². The van der Waals surface area contributed by atoms with Crippen molar-refractivity contribution in [2.75, 3.05) is 6.61 Å². The highest BCUT2D eigenvalue weighted by atomic mass is 16.3. The molecule has 1 N–H and O–H groups in total. The molecule has 0 aliphatic carbocycles. The van der Waals surface area contributed by atoms with Crippen LogP contribution < -0.4 is 0 Å². The standard InChI is InChI=1S/C20H26O/c1-4-20(15-21,19-8-6-5-7-9-19)14-17-10-12-18(13-11-17)16(2)3/h5-13,16,21H,4,14-15H2,1-3H3. The number of aliphatic hydroxyl groups is 1. The molecule has 0 aliphatic heterocycles. The average Bonchev–Trinajstić information content (AvgIpc) is 2.54. The summed E-state index contributed by atoms with van der Waals surface area (Å²) in [4.78, 5) is 0. The van der Waals surface area contributed by atoms with Crippen LogP contribution in [0.4, 0.5) is 0 Å². The van der Waals surface area contributed by atoms with Gasteiger partial charge in [0.15, 0.2) is 0 Å². The zero-order valence-corrected chi connectivity index (χ0v) is 13.3. The summed E-state index contributed by atoms with van der Waals surface area (Å²) in [5.41, 5.74) is 3.70. The van der Waals surface area contributed by atoms with Crippen molar-refractivity contribution in [3.8, 4) is 0 Å². The molecule has 0 spiro atoms. The molecular weight excluding hydrogens is 256 g/mol. The molecule has 0 aromatic heterocycles. The first-order valence-corrected chi connectivity index (χ1v) is 7.86. The number of rotatable bonds is 6. The Labute approximate surface area is 128 Å². The third-order valence-corrected chi connectivity index (χ3v) is 4.55. The largest absolute Gasteiger partial charge is 0.395 e. The third kappa shape index (κ3) is 3.54. The molecule has 0 bridgehead atoms. The smallest absolute Gasteiger partial charge is 0.0531 e. The van der Waals surface area contributed by atoms with Crippen molar-refractivity contribution >= 4 is 0 Å². The van der Waals surface area contributed by atoms with E-state index in [0.717, 1.165) is 12.8 Å². The minimum Gasteiger partial charge on any atom is -0.395 e. The average molecular weight is 282 g/mol. The zero-order valence-electron chi connectivity index (χ0n) is 13.3. The van der Waals surface area contributed by atoms with Gasteiger partial charge < -0.3 is 5.11 Å². The predicted molar refractivity (Wildman–Crippen MR) is 89.7 cm³/mol. The fourth-order valence-corrected chi connectivity index (χ4v) is 2.89. The lowest BCUT2D eigenvalue weighted by atomic mass is 9.74. The van der Waals surface area contributed by atoms with E-state index in [9.17, 15) is 5.11 Å². The molecular formula is C20H26O. The van der Waals surface area contributed by atoms with Gasteiger partial charge in [-0.1, -0.05) is 75.4 Å². The minimum atomic E-state index is -0.180. The Balaban J connectivity index is 2.28. The molecule has 0 fully saturated rings. The topological polar surface area (TPSA) is 20.2 Å². The number of aliphatic hydroxyl groups excluding tert-OH is 1. The van der Waals surface area contributed by atoms with Gasteiger partial charge in [0.2, 0.25) is 0 Å². The molecule has 2 aromatic carbocycles. The van der Waals surface area contributed by atoms with E-state index >= 15 is 0 Å². The quantitative estimate of drug-likeness (QED) is 0.814. The summed E-state index contributed by atoms with van der Waals surface area (Å²) in [5, 5.41) is 10.0. The Bertz CT molecular complexity index is 536. The highest BCUT2D eigenvalue weighted by Crippen LogP contribution is 2.32. The lowest BCUT2D eigenvalue weighted by Gasteiger charge is -2.31. The van der Waals surface area contributed by atoms with Crippen molar-refractivity contribution < 1.29 is 5.11 Å². The van der Waals surface area contributed by atoms with E-state index in [2.05, 4.69) is 69.3 Å². The lowest BCUT2D eigenvalue weighted by molar-refractivity contribution is 0.186. The first-order valence-electron chi connectivity index (χ1n) is 7.86. The Morgan fingerprint density at radius 2 is 1.57 bits per heavy atom. The van der Waals surface area contributed by atoms with Gasteiger partial charge in [0.1, 0.15) is 0 Å². The fourth-order valence-electron chi connectivity index (χ4n) is 2.89. The number of benzene rings is 2. The van der Waals surface area contributed by atoms with E-state index in [1.54, 1.807) is 0 Å². The summed E-state index contributed by atoms with van der Waals surface area (Å²) in [7, 11) is 0. The van der Waals surface area contributed by atoms with Crippen LogP contribution in [0.3, 0.4) is 0 Å². The number of hydrogen-bond donors (Lipinski definition) is 1. The summed E-state index contributed by atoms with van der Waals surface area (Å²) >= 11 is 0. The van der Waals surface area contributed by atoms with E-state index in [1.807, 2.05) is 6.07 Å². The molecule has 112 valence electrons. The van der Waals surface area contributed by atoms with Crippen LogP contribution in [0, 0.1) is 0 Å². The van der Waals surface area contributed by atoms with E-state index in [-0.39, 0.29) is 12.0 Å². The minimum absolute atomic E-state index is 0.180. The maximum atomic E-state index is 10.0. The Morgan fingerprint density at radius 3 is 2.05 bits per heavy atom. The molecule has 0 amide bonds. The van der Waals surface area contributed by atoms with Gasteiger partial charge in [0.05, 0.1) is 6.61 Å². The summed E-state index contributed by atoms with van der Waals surface area (Å²) in [6.45, 7) is 6.76. The summed E-state index contributed by atoms with van der Waals surface area (Å²) < 4.78 is 0. The fraction of sp³-hybridized carbons (Fsp3) is 0.400. The van der Waals surface area contributed by atoms with Gasteiger partial charge in [-0.05, 0) is 35.4 Å². The summed E-state index contributed by atoms with van der Waals surface area (Å²) in [5.74, 6) is 0.557. The molecule has 21 heavy (non-hydrogen) atoms. The molecule has 1 nitrogen and oxygen atoms in total. The van der Waals surface area contributed by atoms with Gasteiger partial charge in [-0.15, -0.1) is 0 Å². The SMILES string of the molecule is CCC(CO)(Cc1ccc(C(C)C)cc1)c1ccccc1. The molecule has 0 saturated carbocycles. The van der Waals surface area contributed by atoms with Crippen LogP contribution in [-0.4, -0.2) is 11.7 Å². The van der Waals surface area contributed by atoms with Crippen LogP contribution in [0.25, 0.3) is 0 Å². The van der Waals surface area contributed by atoms with Crippen molar-refractivity contribution in [1.29, 1.82) is 0 Å². The molecule has 0 radical (unpaired) electrons. The van der Waals surface area contributed by atoms with E-state index in [0.29, 0.717) is 5.92 Å². The monoisotopic (exact) mass is 282 g/mol. The molecule has 2 aromatic rings. The molecule has 1 heteroatoms. The van der Waals surface area contributed by atoms with E-state index in [1.165, 1.54) is 16.7 Å². The van der Waals surface area contributed by atoms with Crippen LogP contribution in [-0.2, 0) is 11.8 Å². The third-order valence-electron chi connectivity index (χ3n) is 4.55. The molecule has 2 rings (SSSR count). The van der Waals surface area contributed by atoms with Gasteiger partial charge in [-0.2, -0.15) is 0 Å².